The highest BCUT2D eigenvalue weighted by molar-refractivity contribution is 6.01. The van der Waals surface area contributed by atoms with Crippen molar-refractivity contribution < 1.29 is 34.1 Å². The molecule has 0 bridgehead atoms. The zero-order chi connectivity index (χ0) is 32.8. The first kappa shape index (κ1) is 31.1. The van der Waals surface area contributed by atoms with Crippen LogP contribution in [0.2, 0.25) is 0 Å². The fourth-order valence-corrected chi connectivity index (χ4v) is 6.40. The second-order valence-electron chi connectivity index (χ2n) is 13.1. The van der Waals surface area contributed by atoms with Crippen LogP contribution in [0.3, 0.4) is 0 Å². The van der Waals surface area contributed by atoms with Gasteiger partial charge >= 0.3 is 5.97 Å². The number of fused-ring (bicyclic) bond motifs is 1. The average molecular weight is 628 g/mol. The lowest BCUT2D eigenvalue weighted by Crippen LogP contribution is -2.58. The summed E-state index contributed by atoms with van der Waals surface area (Å²) in [6, 6.07) is 14.4. The fourth-order valence-electron chi connectivity index (χ4n) is 6.40. The monoisotopic (exact) mass is 627 g/mol. The predicted octanol–water partition coefficient (Wildman–Crippen LogP) is 3.45. The Morgan fingerprint density at radius 1 is 1.07 bits per heavy atom. The average Bonchev–Trinajstić information content (AvgIpc) is 3.40. The Balaban J connectivity index is 1.05. The van der Waals surface area contributed by atoms with E-state index < -0.39 is 23.5 Å². The molecular formula is C34H37N5O7. The Kier molecular flexibility index (Phi) is 7.95. The van der Waals surface area contributed by atoms with Gasteiger partial charge in [-0.3, -0.25) is 14.4 Å². The van der Waals surface area contributed by atoms with E-state index in [0.717, 1.165) is 36.8 Å². The molecule has 1 unspecified atom stereocenters. The molecule has 2 fully saturated rings. The van der Waals surface area contributed by atoms with Crippen LogP contribution in [0.1, 0.15) is 71.9 Å². The normalized spacial score (nSPS) is 21.2. The highest BCUT2D eigenvalue weighted by Crippen LogP contribution is 2.57. The summed E-state index contributed by atoms with van der Waals surface area (Å²) in [4.78, 5) is 36.6. The largest absolute Gasteiger partial charge is 0.490 e. The fraction of sp³-hybridized carbons (Fsp3) is 0.353. The third kappa shape index (κ3) is 6.40. The van der Waals surface area contributed by atoms with Crippen LogP contribution < -0.4 is 26.3 Å². The van der Waals surface area contributed by atoms with Gasteiger partial charge in [-0.25, -0.2) is 4.52 Å². The summed E-state index contributed by atoms with van der Waals surface area (Å²) < 4.78 is 13.5. The molecule has 2 aromatic heterocycles. The number of rotatable bonds is 11. The number of aliphatic carboxylic acids is 1. The number of benzene rings is 2. The van der Waals surface area contributed by atoms with Crippen molar-refractivity contribution in [2.75, 3.05) is 6.61 Å². The number of carboxylic acid groups (broad SMARTS) is 1. The zero-order valence-electron chi connectivity index (χ0n) is 25.6. The minimum atomic E-state index is -1.15. The van der Waals surface area contributed by atoms with E-state index in [9.17, 15) is 24.6 Å². The minimum absolute atomic E-state index is 0.0340. The van der Waals surface area contributed by atoms with Crippen LogP contribution in [-0.4, -0.2) is 62.0 Å². The van der Waals surface area contributed by atoms with Crippen LogP contribution in [0.15, 0.2) is 67.0 Å². The summed E-state index contributed by atoms with van der Waals surface area (Å²) in [6.45, 7) is 3.45. The molecule has 6 rings (SSSR count). The molecule has 240 valence electrons. The van der Waals surface area contributed by atoms with Crippen LogP contribution in [0.5, 0.6) is 11.5 Å². The maximum Gasteiger partial charge on any atom is 0.325 e. The number of ether oxygens (including phenoxy) is 2. The topological polar surface area (TPSA) is 191 Å². The van der Waals surface area contributed by atoms with E-state index >= 15 is 0 Å². The standard InChI is InChI=1S/C34H37N5O7/c1-33(2,44)18-45-23-7-9-27-26(16-37-39(27)17-23)31(41)38-22-12-34(13-22)14-24(15-34)46-28-11-20(6-8-25(28)30(36)40)19-4-3-5-21(10-19)29(35)32(42)43/h3-11,16-17,22,24,29,44H,12-15,18,35H2,1-2H3,(H2,36,40)(H,38,41)(H,42,43). The minimum Gasteiger partial charge on any atom is -0.490 e. The van der Waals surface area contributed by atoms with E-state index in [-0.39, 0.29) is 35.6 Å². The Hall–Kier alpha value is -4.94. The molecule has 0 radical (unpaired) electrons. The maximum atomic E-state index is 13.1. The Labute approximate surface area is 265 Å². The van der Waals surface area contributed by atoms with Crippen molar-refractivity contribution >= 4 is 23.3 Å². The molecule has 2 amide bonds. The number of amides is 2. The van der Waals surface area contributed by atoms with Gasteiger partial charge in [0.1, 0.15) is 24.1 Å². The molecule has 7 N–H and O–H groups in total. The van der Waals surface area contributed by atoms with Gasteiger partial charge in [0.15, 0.2) is 0 Å². The molecule has 0 saturated heterocycles. The predicted molar refractivity (Wildman–Crippen MR) is 169 cm³/mol. The van der Waals surface area contributed by atoms with Gasteiger partial charge in [-0.15, -0.1) is 0 Å². The van der Waals surface area contributed by atoms with Gasteiger partial charge in [-0.05, 0) is 92.0 Å². The number of hydrogen-bond acceptors (Lipinski definition) is 8. The van der Waals surface area contributed by atoms with Crippen molar-refractivity contribution in [2.24, 2.45) is 16.9 Å². The number of carboxylic acids is 1. The quantitative estimate of drug-likeness (QED) is 0.166. The lowest BCUT2D eigenvalue weighted by atomic mass is 9.53. The number of nitrogens with one attached hydrogen (secondary N) is 1. The molecule has 2 aromatic carbocycles. The van der Waals surface area contributed by atoms with E-state index in [1.165, 1.54) is 6.20 Å². The molecule has 1 atom stereocenters. The zero-order valence-corrected chi connectivity index (χ0v) is 25.6. The van der Waals surface area contributed by atoms with Crippen LogP contribution in [0.25, 0.3) is 16.6 Å². The van der Waals surface area contributed by atoms with Gasteiger partial charge in [0.2, 0.25) is 0 Å². The van der Waals surface area contributed by atoms with Crippen LogP contribution in [0.4, 0.5) is 0 Å². The molecule has 46 heavy (non-hydrogen) atoms. The highest BCUT2D eigenvalue weighted by atomic mass is 16.5. The number of pyridine rings is 1. The molecule has 2 saturated carbocycles. The summed E-state index contributed by atoms with van der Waals surface area (Å²) in [5.74, 6) is -1.00. The summed E-state index contributed by atoms with van der Waals surface area (Å²) in [6.07, 6.45) is 6.33. The first-order valence-corrected chi connectivity index (χ1v) is 15.1. The molecule has 12 heteroatoms. The van der Waals surface area contributed by atoms with Crippen LogP contribution in [0, 0.1) is 5.41 Å². The van der Waals surface area contributed by atoms with E-state index in [1.807, 2.05) is 6.07 Å². The second-order valence-corrected chi connectivity index (χ2v) is 13.1. The summed E-state index contributed by atoms with van der Waals surface area (Å²) in [5.41, 5.74) is 13.9. The Morgan fingerprint density at radius 2 is 1.80 bits per heavy atom. The summed E-state index contributed by atoms with van der Waals surface area (Å²) >= 11 is 0. The third-order valence-electron chi connectivity index (χ3n) is 8.73. The number of carbonyl (C=O) groups excluding carboxylic acids is 2. The molecule has 12 nitrogen and oxygen atoms in total. The molecule has 1 spiro atoms. The second kappa shape index (κ2) is 11.8. The first-order valence-electron chi connectivity index (χ1n) is 15.1. The molecule has 2 aliphatic carbocycles. The van der Waals surface area contributed by atoms with Crippen LogP contribution >= 0.6 is 0 Å². The molecule has 0 aliphatic heterocycles. The number of hydrogen-bond donors (Lipinski definition) is 5. The lowest BCUT2D eigenvalue weighted by molar-refractivity contribution is -0.138. The van der Waals surface area contributed by atoms with Gasteiger partial charge in [0, 0.05) is 6.04 Å². The smallest absolute Gasteiger partial charge is 0.325 e. The third-order valence-corrected chi connectivity index (χ3v) is 8.73. The molecule has 4 aromatic rings. The molecular weight excluding hydrogens is 590 g/mol. The lowest BCUT2D eigenvalue weighted by Gasteiger charge is -2.57. The number of aromatic nitrogens is 2. The number of aliphatic hydroxyl groups is 1. The van der Waals surface area contributed by atoms with Crippen molar-refractivity contribution in [3.8, 4) is 22.6 Å². The first-order chi connectivity index (χ1) is 21.8. The Morgan fingerprint density at radius 3 is 2.50 bits per heavy atom. The van der Waals surface area contributed by atoms with Crippen LogP contribution in [-0.2, 0) is 4.79 Å². The number of nitrogens with two attached hydrogens (primary N) is 2. The van der Waals surface area contributed by atoms with Gasteiger partial charge in [-0.2, -0.15) is 5.10 Å². The highest BCUT2D eigenvalue weighted by Gasteiger charge is 2.54. The van der Waals surface area contributed by atoms with E-state index in [2.05, 4.69) is 10.4 Å². The van der Waals surface area contributed by atoms with Crippen molar-refractivity contribution in [3.63, 3.8) is 0 Å². The summed E-state index contributed by atoms with van der Waals surface area (Å²) in [7, 11) is 0. The van der Waals surface area contributed by atoms with Crippen molar-refractivity contribution in [3.05, 3.63) is 83.7 Å². The van der Waals surface area contributed by atoms with Crippen molar-refractivity contribution in [1.82, 2.24) is 14.9 Å². The molecule has 2 aliphatic rings. The number of primary amides is 1. The van der Waals surface area contributed by atoms with Gasteiger partial charge in [0.25, 0.3) is 11.8 Å². The van der Waals surface area contributed by atoms with E-state index in [1.54, 1.807) is 73.1 Å². The SMILES string of the molecule is CC(C)(O)COc1ccc2c(C(=O)NC3CC4(C3)CC(Oc3cc(-c5cccc(C(N)C(=O)O)c5)ccc3C(N)=O)C4)cnn2c1. The number of carbonyl (C=O) groups is 3. The van der Waals surface area contributed by atoms with Gasteiger partial charge in [-0.1, -0.05) is 24.3 Å². The maximum absolute atomic E-state index is 13.1. The van der Waals surface area contributed by atoms with Gasteiger partial charge < -0.3 is 36.5 Å². The van der Waals surface area contributed by atoms with E-state index in [4.69, 9.17) is 20.9 Å². The number of nitrogens with zero attached hydrogens (tertiary/aromatic N) is 2. The van der Waals surface area contributed by atoms with Gasteiger partial charge in [0.05, 0.1) is 40.7 Å². The van der Waals surface area contributed by atoms with E-state index in [0.29, 0.717) is 28.1 Å². The molecule has 2 heterocycles. The summed E-state index contributed by atoms with van der Waals surface area (Å²) in [5, 5.41) is 26.6. The van der Waals surface area contributed by atoms with Crippen molar-refractivity contribution in [2.45, 2.75) is 63.3 Å². The van der Waals surface area contributed by atoms with Crippen molar-refractivity contribution in [1.29, 1.82) is 0 Å². The Bertz CT molecular complexity index is 1810.